The molecule has 0 spiro atoms. The molecule has 0 amide bonds. The van der Waals surface area contributed by atoms with Crippen LogP contribution in [0.2, 0.25) is 0 Å². The highest BCUT2D eigenvalue weighted by atomic mass is 16.4. The molecule has 0 bridgehead atoms. The Morgan fingerprint density at radius 3 is 2.90 bits per heavy atom. The van der Waals surface area contributed by atoms with E-state index in [0.717, 1.165) is 45.1 Å². The van der Waals surface area contributed by atoms with Crippen LogP contribution >= 0.6 is 0 Å². The molecule has 1 aromatic rings. The van der Waals surface area contributed by atoms with E-state index in [0.29, 0.717) is 6.04 Å². The molecule has 3 rings (SSSR count). The van der Waals surface area contributed by atoms with Crippen LogP contribution in [-0.2, 0) is 11.2 Å². The van der Waals surface area contributed by atoms with Crippen LogP contribution in [0.4, 0.5) is 0 Å². The normalized spacial score (nSPS) is 27.1. The van der Waals surface area contributed by atoms with Gasteiger partial charge in [-0.25, -0.2) is 0 Å². The van der Waals surface area contributed by atoms with Gasteiger partial charge in [0.2, 0.25) is 0 Å². The minimum absolute atomic E-state index is 0.297. The van der Waals surface area contributed by atoms with Crippen molar-refractivity contribution in [2.24, 2.45) is 0 Å². The minimum atomic E-state index is -0.645. The number of rotatable bonds is 2. The van der Waals surface area contributed by atoms with E-state index in [1.807, 2.05) is 0 Å². The molecule has 1 aliphatic heterocycles. The van der Waals surface area contributed by atoms with Gasteiger partial charge in [0.25, 0.3) is 0 Å². The Labute approximate surface area is 120 Å². The number of carboxylic acids is 1. The summed E-state index contributed by atoms with van der Waals surface area (Å²) in [6.45, 7) is 3.04. The van der Waals surface area contributed by atoms with Crippen LogP contribution in [0.25, 0.3) is 0 Å². The van der Waals surface area contributed by atoms with Crippen LogP contribution in [-0.4, -0.2) is 28.6 Å². The maximum atomic E-state index is 11.6. The molecular weight excluding hydrogens is 250 g/mol. The summed E-state index contributed by atoms with van der Waals surface area (Å²) < 4.78 is 0. The van der Waals surface area contributed by atoms with Crippen molar-refractivity contribution in [3.05, 3.63) is 34.9 Å². The molecule has 1 N–H and O–H groups in total. The van der Waals surface area contributed by atoms with Crippen molar-refractivity contribution in [1.29, 1.82) is 0 Å². The van der Waals surface area contributed by atoms with Gasteiger partial charge < -0.3 is 5.11 Å². The van der Waals surface area contributed by atoms with Crippen molar-refractivity contribution < 1.29 is 9.90 Å². The number of benzene rings is 1. The van der Waals surface area contributed by atoms with E-state index in [-0.39, 0.29) is 6.04 Å². The first-order valence-corrected chi connectivity index (χ1v) is 7.75. The predicted molar refractivity (Wildman–Crippen MR) is 78.8 cm³/mol. The Balaban J connectivity index is 1.92. The van der Waals surface area contributed by atoms with Crippen molar-refractivity contribution in [1.82, 2.24) is 4.90 Å². The van der Waals surface area contributed by atoms with Gasteiger partial charge in [-0.1, -0.05) is 36.6 Å². The van der Waals surface area contributed by atoms with Crippen LogP contribution in [0.1, 0.15) is 54.8 Å². The lowest BCUT2D eigenvalue weighted by Gasteiger charge is -2.33. The Morgan fingerprint density at radius 1 is 1.25 bits per heavy atom. The fourth-order valence-corrected chi connectivity index (χ4v) is 3.81. The standard InChI is InChI=1S/C17H23NO2/c1-12-6-7-13-8-9-15(14(13)11-12)18-10-4-2-3-5-16(18)17(19)20/h6-7,11,15-16H,2-5,8-10H2,1H3,(H,19,20). The zero-order valence-corrected chi connectivity index (χ0v) is 12.1. The van der Waals surface area contributed by atoms with E-state index in [9.17, 15) is 9.90 Å². The average Bonchev–Trinajstić information content (AvgIpc) is 2.67. The molecule has 2 aliphatic rings. The number of hydrogen-bond acceptors (Lipinski definition) is 2. The SMILES string of the molecule is Cc1ccc2c(c1)C(N1CCCCCC1C(=O)O)CC2. The lowest BCUT2D eigenvalue weighted by molar-refractivity contribution is -0.144. The summed E-state index contributed by atoms with van der Waals surface area (Å²) in [6.07, 6.45) is 6.29. The third-order valence-electron chi connectivity index (χ3n) is 4.83. The van der Waals surface area contributed by atoms with Gasteiger partial charge in [0, 0.05) is 6.04 Å². The lowest BCUT2D eigenvalue weighted by Crippen LogP contribution is -2.42. The second-order valence-corrected chi connectivity index (χ2v) is 6.20. The van der Waals surface area contributed by atoms with Crippen LogP contribution < -0.4 is 0 Å². The van der Waals surface area contributed by atoms with Gasteiger partial charge in [-0.15, -0.1) is 0 Å². The number of aliphatic carboxylic acids is 1. The molecule has 1 heterocycles. The number of aryl methyl sites for hydroxylation is 2. The van der Waals surface area contributed by atoms with Gasteiger partial charge in [0.1, 0.15) is 6.04 Å². The summed E-state index contributed by atoms with van der Waals surface area (Å²) >= 11 is 0. The summed E-state index contributed by atoms with van der Waals surface area (Å²) in [6, 6.07) is 6.66. The van der Waals surface area contributed by atoms with E-state index in [1.54, 1.807) is 0 Å². The number of likely N-dealkylation sites (tertiary alicyclic amines) is 1. The fourth-order valence-electron chi connectivity index (χ4n) is 3.81. The van der Waals surface area contributed by atoms with Gasteiger partial charge >= 0.3 is 5.97 Å². The molecule has 1 aliphatic carbocycles. The summed E-state index contributed by atoms with van der Waals surface area (Å²) in [5.41, 5.74) is 4.06. The largest absolute Gasteiger partial charge is 0.480 e. The highest BCUT2D eigenvalue weighted by Crippen LogP contribution is 2.39. The molecule has 0 saturated carbocycles. The Bertz CT molecular complexity index is 512. The number of carboxylic acid groups (broad SMARTS) is 1. The smallest absolute Gasteiger partial charge is 0.320 e. The molecular formula is C17H23NO2. The first-order valence-electron chi connectivity index (χ1n) is 7.75. The van der Waals surface area contributed by atoms with Gasteiger partial charge in [0.05, 0.1) is 0 Å². The third-order valence-corrected chi connectivity index (χ3v) is 4.83. The number of fused-ring (bicyclic) bond motifs is 1. The fraction of sp³-hybridized carbons (Fsp3) is 0.588. The maximum Gasteiger partial charge on any atom is 0.320 e. The van der Waals surface area contributed by atoms with Gasteiger partial charge in [-0.05, 0) is 50.3 Å². The van der Waals surface area contributed by atoms with Crippen LogP contribution in [0, 0.1) is 6.92 Å². The summed E-state index contributed by atoms with van der Waals surface area (Å²) in [4.78, 5) is 13.9. The maximum absolute atomic E-state index is 11.6. The molecule has 0 aromatic heterocycles. The highest BCUT2D eigenvalue weighted by Gasteiger charge is 2.36. The highest BCUT2D eigenvalue weighted by molar-refractivity contribution is 5.73. The number of hydrogen-bond donors (Lipinski definition) is 1. The van der Waals surface area contributed by atoms with E-state index in [4.69, 9.17) is 0 Å². The molecule has 2 unspecified atom stereocenters. The second-order valence-electron chi connectivity index (χ2n) is 6.20. The zero-order chi connectivity index (χ0) is 14.1. The second kappa shape index (κ2) is 5.57. The summed E-state index contributed by atoms with van der Waals surface area (Å²) in [7, 11) is 0. The van der Waals surface area contributed by atoms with Crippen molar-refractivity contribution in [3.63, 3.8) is 0 Å². The van der Waals surface area contributed by atoms with Gasteiger partial charge in [0.15, 0.2) is 0 Å². The molecule has 20 heavy (non-hydrogen) atoms. The van der Waals surface area contributed by atoms with E-state index < -0.39 is 5.97 Å². The first-order chi connectivity index (χ1) is 9.66. The predicted octanol–water partition coefficient (Wildman–Crippen LogP) is 3.31. The molecule has 1 saturated heterocycles. The van der Waals surface area contributed by atoms with Crippen LogP contribution in [0.15, 0.2) is 18.2 Å². The van der Waals surface area contributed by atoms with E-state index in [2.05, 4.69) is 30.0 Å². The number of carbonyl (C=O) groups is 1. The molecule has 1 fully saturated rings. The summed E-state index contributed by atoms with van der Waals surface area (Å²) in [5.74, 6) is -0.645. The Hall–Kier alpha value is -1.35. The zero-order valence-electron chi connectivity index (χ0n) is 12.1. The van der Waals surface area contributed by atoms with Crippen molar-refractivity contribution >= 4 is 5.97 Å². The molecule has 0 radical (unpaired) electrons. The monoisotopic (exact) mass is 273 g/mol. The molecule has 3 heteroatoms. The topological polar surface area (TPSA) is 40.5 Å². The first kappa shape index (κ1) is 13.6. The number of nitrogens with zero attached hydrogens (tertiary/aromatic N) is 1. The van der Waals surface area contributed by atoms with Crippen molar-refractivity contribution in [3.8, 4) is 0 Å². The van der Waals surface area contributed by atoms with E-state index in [1.165, 1.54) is 16.7 Å². The lowest BCUT2D eigenvalue weighted by atomic mass is 10.0. The van der Waals surface area contributed by atoms with Gasteiger partial charge in [-0.2, -0.15) is 0 Å². The Morgan fingerprint density at radius 2 is 2.10 bits per heavy atom. The average molecular weight is 273 g/mol. The van der Waals surface area contributed by atoms with Crippen molar-refractivity contribution in [2.45, 2.75) is 57.5 Å². The van der Waals surface area contributed by atoms with Crippen LogP contribution in [0.5, 0.6) is 0 Å². The summed E-state index contributed by atoms with van der Waals surface area (Å²) in [5, 5.41) is 9.55. The quantitative estimate of drug-likeness (QED) is 0.898. The Kier molecular flexibility index (Phi) is 3.79. The molecule has 108 valence electrons. The van der Waals surface area contributed by atoms with Crippen LogP contribution in [0.3, 0.4) is 0 Å². The molecule has 3 nitrogen and oxygen atoms in total. The molecule has 2 atom stereocenters. The van der Waals surface area contributed by atoms with E-state index >= 15 is 0 Å². The molecule has 1 aromatic carbocycles. The van der Waals surface area contributed by atoms with Crippen molar-refractivity contribution in [2.75, 3.05) is 6.54 Å². The minimum Gasteiger partial charge on any atom is -0.480 e. The van der Waals surface area contributed by atoms with Gasteiger partial charge in [-0.3, -0.25) is 9.69 Å². The third kappa shape index (κ3) is 2.47.